The van der Waals surface area contributed by atoms with Crippen LogP contribution in [0.3, 0.4) is 0 Å². The van der Waals surface area contributed by atoms with E-state index in [-0.39, 0.29) is 23.8 Å². The molecule has 0 rings (SSSR count). The molecule has 0 radical (unpaired) electrons. The number of hydrogen-bond acceptors (Lipinski definition) is 3. The molecule has 0 aliphatic carbocycles. The van der Waals surface area contributed by atoms with E-state index in [1.165, 1.54) is 7.05 Å². The van der Waals surface area contributed by atoms with E-state index < -0.39 is 6.04 Å². The van der Waals surface area contributed by atoms with Crippen LogP contribution in [0.5, 0.6) is 0 Å². The highest BCUT2D eigenvalue weighted by atomic mass is 16.2. The smallest absolute Gasteiger partial charge is 0.239 e. The minimum absolute atomic E-state index is 0.0287. The summed E-state index contributed by atoms with van der Waals surface area (Å²) >= 11 is 0. The summed E-state index contributed by atoms with van der Waals surface area (Å²) in [7, 11) is 1.51. The van der Waals surface area contributed by atoms with Gasteiger partial charge in [0, 0.05) is 7.05 Å². The molecule has 82 valence electrons. The molecule has 0 aromatic carbocycles. The molecular formula is C9H19N3O2. The average molecular weight is 201 g/mol. The Morgan fingerprint density at radius 3 is 2.21 bits per heavy atom. The van der Waals surface area contributed by atoms with Crippen molar-refractivity contribution in [2.45, 2.75) is 26.8 Å². The third kappa shape index (κ3) is 4.23. The van der Waals surface area contributed by atoms with E-state index >= 15 is 0 Å². The first-order valence-electron chi connectivity index (χ1n) is 4.53. The van der Waals surface area contributed by atoms with Crippen LogP contribution < -0.4 is 16.4 Å². The molecule has 0 fully saturated rings. The lowest BCUT2D eigenvalue weighted by Gasteiger charge is -2.25. The number of carbonyl (C=O) groups is 2. The lowest BCUT2D eigenvalue weighted by molar-refractivity contribution is -0.128. The molecule has 0 spiro atoms. The van der Waals surface area contributed by atoms with Crippen molar-refractivity contribution in [3.05, 3.63) is 0 Å². The Morgan fingerprint density at radius 2 is 1.86 bits per heavy atom. The normalized spacial score (nSPS) is 13.2. The van der Waals surface area contributed by atoms with Gasteiger partial charge in [-0.25, -0.2) is 0 Å². The van der Waals surface area contributed by atoms with Gasteiger partial charge in [0.1, 0.15) is 0 Å². The first-order valence-corrected chi connectivity index (χ1v) is 4.53. The topological polar surface area (TPSA) is 84.2 Å². The van der Waals surface area contributed by atoms with E-state index in [1.54, 1.807) is 0 Å². The predicted octanol–water partition coefficient (Wildman–Crippen LogP) is -0.778. The first kappa shape index (κ1) is 12.9. The summed E-state index contributed by atoms with van der Waals surface area (Å²) in [6.07, 6.45) is 0. The molecule has 14 heavy (non-hydrogen) atoms. The molecule has 0 heterocycles. The number of carbonyl (C=O) groups excluding carboxylic acids is 2. The molecule has 1 unspecified atom stereocenters. The second kappa shape index (κ2) is 4.95. The number of nitrogens with two attached hydrogens (primary N) is 1. The Balaban J connectivity index is 4.04. The van der Waals surface area contributed by atoms with Gasteiger partial charge in [-0.05, 0) is 5.41 Å². The van der Waals surface area contributed by atoms with E-state index in [9.17, 15) is 9.59 Å². The van der Waals surface area contributed by atoms with E-state index in [0.717, 1.165) is 0 Å². The molecule has 0 aromatic heterocycles. The van der Waals surface area contributed by atoms with Crippen molar-refractivity contribution < 1.29 is 9.59 Å². The maximum Gasteiger partial charge on any atom is 0.239 e. The van der Waals surface area contributed by atoms with Gasteiger partial charge in [0.2, 0.25) is 11.8 Å². The van der Waals surface area contributed by atoms with Crippen LogP contribution in [0.25, 0.3) is 0 Å². The van der Waals surface area contributed by atoms with Gasteiger partial charge in [-0.3, -0.25) is 9.59 Å². The van der Waals surface area contributed by atoms with Crippen LogP contribution in [-0.4, -0.2) is 31.4 Å². The summed E-state index contributed by atoms with van der Waals surface area (Å²) in [4.78, 5) is 22.2. The number of hydrogen-bond donors (Lipinski definition) is 3. The van der Waals surface area contributed by atoms with Gasteiger partial charge in [-0.1, -0.05) is 20.8 Å². The third-order valence-electron chi connectivity index (χ3n) is 1.92. The van der Waals surface area contributed by atoms with Crippen molar-refractivity contribution >= 4 is 11.8 Å². The van der Waals surface area contributed by atoms with Crippen LogP contribution in [0, 0.1) is 5.41 Å². The maximum absolute atomic E-state index is 11.4. The summed E-state index contributed by atoms with van der Waals surface area (Å²) in [5.74, 6) is -0.541. The molecule has 4 N–H and O–H groups in total. The number of rotatable bonds is 3. The average Bonchev–Trinajstić information content (AvgIpc) is 2.10. The highest BCUT2D eigenvalue weighted by Gasteiger charge is 2.27. The van der Waals surface area contributed by atoms with E-state index in [4.69, 9.17) is 5.73 Å². The van der Waals surface area contributed by atoms with Gasteiger partial charge in [-0.15, -0.1) is 0 Å². The lowest BCUT2D eigenvalue weighted by atomic mass is 9.87. The van der Waals surface area contributed by atoms with Crippen LogP contribution >= 0.6 is 0 Å². The van der Waals surface area contributed by atoms with Crippen LogP contribution in [-0.2, 0) is 9.59 Å². The highest BCUT2D eigenvalue weighted by molar-refractivity contribution is 5.87. The first-order chi connectivity index (χ1) is 6.29. The molecule has 0 aromatic rings. The second-order valence-corrected chi connectivity index (χ2v) is 4.23. The lowest BCUT2D eigenvalue weighted by Crippen LogP contribution is -2.50. The molecule has 2 amide bonds. The summed E-state index contributed by atoms with van der Waals surface area (Å²) < 4.78 is 0. The Kier molecular flexibility index (Phi) is 4.56. The molecular weight excluding hydrogens is 182 g/mol. The van der Waals surface area contributed by atoms with Gasteiger partial charge in [0.05, 0.1) is 12.6 Å². The van der Waals surface area contributed by atoms with Crippen LogP contribution in [0.4, 0.5) is 0 Å². The van der Waals surface area contributed by atoms with Gasteiger partial charge in [-0.2, -0.15) is 0 Å². The van der Waals surface area contributed by atoms with Crippen molar-refractivity contribution in [1.29, 1.82) is 0 Å². The quantitative estimate of drug-likeness (QED) is 0.560. The molecule has 0 aliphatic heterocycles. The zero-order chi connectivity index (χ0) is 11.4. The standard InChI is InChI=1S/C9H19N3O2/c1-9(2,3)7(10)8(14)12-5-6(13)11-4/h7H,5,10H2,1-4H3,(H,11,13)(H,12,14). The van der Waals surface area contributed by atoms with Crippen molar-refractivity contribution in [2.75, 3.05) is 13.6 Å². The molecule has 0 aliphatic rings. The number of likely N-dealkylation sites (N-methyl/N-ethyl adjacent to an activating group) is 1. The summed E-state index contributed by atoms with van der Waals surface area (Å²) in [5, 5.41) is 4.87. The highest BCUT2D eigenvalue weighted by Crippen LogP contribution is 2.16. The van der Waals surface area contributed by atoms with Gasteiger partial charge in [0.25, 0.3) is 0 Å². The van der Waals surface area contributed by atoms with Crippen molar-refractivity contribution in [2.24, 2.45) is 11.1 Å². The third-order valence-corrected chi connectivity index (χ3v) is 1.92. The Morgan fingerprint density at radius 1 is 1.36 bits per heavy atom. The maximum atomic E-state index is 11.4. The molecule has 5 nitrogen and oxygen atoms in total. The molecule has 0 saturated heterocycles. The molecule has 0 saturated carbocycles. The number of nitrogens with one attached hydrogen (secondary N) is 2. The van der Waals surface area contributed by atoms with Gasteiger partial charge < -0.3 is 16.4 Å². The van der Waals surface area contributed by atoms with E-state index in [0.29, 0.717) is 0 Å². The van der Waals surface area contributed by atoms with Gasteiger partial charge in [0.15, 0.2) is 0 Å². The predicted molar refractivity (Wildman–Crippen MR) is 54.5 cm³/mol. The Hall–Kier alpha value is -1.10. The molecule has 0 bridgehead atoms. The SMILES string of the molecule is CNC(=O)CNC(=O)C(N)C(C)(C)C. The molecule has 1 atom stereocenters. The van der Waals surface area contributed by atoms with Crippen LogP contribution in [0.1, 0.15) is 20.8 Å². The van der Waals surface area contributed by atoms with Gasteiger partial charge >= 0.3 is 0 Å². The minimum Gasteiger partial charge on any atom is -0.358 e. The van der Waals surface area contributed by atoms with E-state index in [2.05, 4.69) is 10.6 Å². The van der Waals surface area contributed by atoms with Crippen molar-refractivity contribution in [3.63, 3.8) is 0 Å². The summed E-state index contributed by atoms with van der Waals surface area (Å²) in [5.41, 5.74) is 5.38. The van der Waals surface area contributed by atoms with E-state index in [1.807, 2.05) is 20.8 Å². The Bertz CT molecular complexity index is 221. The number of amides is 2. The fraction of sp³-hybridized carbons (Fsp3) is 0.778. The van der Waals surface area contributed by atoms with Crippen LogP contribution in [0.15, 0.2) is 0 Å². The van der Waals surface area contributed by atoms with Crippen molar-refractivity contribution in [1.82, 2.24) is 10.6 Å². The second-order valence-electron chi connectivity index (χ2n) is 4.23. The van der Waals surface area contributed by atoms with Crippen LogP contribution in [0.2, 0.25) is 0 Å². The zero-order valence-corrected chi connectivity index (χ0v) is 9.18. The van der Waals surface area contributed by atoms with Crippen molar-refractivity contribution in [3.8, 4) is 0 Å². The fourth-order valence-electron chi connectivity index (χ4n) is 0.759. The largest absolute Gasteiger partial charge is 0.358 e. The Labute approximate surface area is 84.4 Å². The molecule has 5 heteroatoms. The summed E-state index contributed by atoms with van der Waals surface area (Å²) in [6, 6.07) is -0.604. The monoisotopic (exact) mass is 201 g/mol. The zero-order valence-electron chi connectivity index (χ0n) is 9.18. The fourth-order valence-corrected chi connectivity index (χ4v) is 0.759. The minimum atomic E-state index is -0.604. The summed E-state index contributed by atoms with van der Waals surface area (Å²) in [6.45, 7) is 5.59.